The number of allylic oxidation sites excluding steroid dienone is 1. The zero-order valence-electron chi connectivity index (χ0n) is 15.3. The first-order valence-corrected chi connectivity index (χ1v) is 9.78. The summed E-state index contributed by atoms with van der Waals surface area (Å²) >= 11 is 3.45. The largest absolute Gasteiger partial charge is 0.289 e. The Morgan fingerprint density at radius 3 is 2.31 bits per heavy atom. The lowest BCUT2D eigenvalue weighted by Crippen LogP contribution is -1.93. The second-order valence-electron chi connectivity index (χ2n) is 6.42. The molecule has 4 rings (SSSR count). The molecule has 0 bridgehead atoms. The predicted octanol–water partition coefficient (Wildman–Crippen LogP) is 6.34. The number of hydrogen-bond donors (Lipinski definition) is 0. The van der Waals surface area contributed by atoms with E-state index in [0.29, 0.717) is 5.56 Å². The molecule has 0 unspecified atom stereocenters. The molecule has 0 spiro atoms. The monoisotopic (exact) mass is 446 g/mol. The molecule has 0 aliphatic heterocycles. The van der Waals surface area contributed by atoms with Gasteiger partial charge in [-0.15, -0.1) is 0 Å². The van der Waals surface area contributed by atoms with E-state index in [1.165, 1.54) is 30.3 Å². The number of para-hydroxylation sites is 1. The second kappa shape index (κ2) is 8.37. The van der Waals surface area contributed by atoms with Gasteiger partial charge >= 0.3 is 0 Å². The molecule has 4 aromatic rings. The molecule has 0 N–H and O–H groups in total. The van der Waals surface area contributed by atoms with Gasteiger partial charge in [0.15, 0.2) is 5.78 Å². The van der Waals surface area contributed by atoms with E-state index in [-0.39, 0.29) is 11.6 Å². The Balaban J connectivity index is 1.72. The molecule has 0 saturated heterocycles. The van der Waals surface area contributed by atoms with Crippen LogP contribution in [0.5, 0.6) is 0 Å². The number of carbonyl (C=O) groups is 1. The topological polar surface area (TPSA) is 34.9 Å². The zero-order valence-corrected chi connectivity index (χ0v) is 16.9. The summed E-state index contributed by atoms with van der Waals surface area (Å²) in [5, 5.41) is 4.73. The standard InChI is InChI=1S/C24H16BrFN2O/c25-20-11-6-18(7-12-20)24-19(16-28(27-24)22-4-2-1-3-5-22)10-15-23(29)17-8-13-21(26)14-9-17/h1-16H/b15-10+. The molecule has 5 heteroatoms. The SMILES string of the molecule is O=C(/C=C/c1cn(-c2ccccc2)nc1-c1ccc(Br)cc1)c1ccc(F)cc1. The van der Waals surface area contributed by atoms with Gasteiger partial charge in [-0.2, -0.15) is 5.10 Å². The number of halogens is 2. The molecule has 0 fully saturated rings. The highest BCUT2D eigenvalue weighted by atomic mass is 79.9. The quantitative estimate of drug-likeness (QED) is 0.265. The van der Waals surface area contributed by atoms with Gasteiger partial charge in [0.05, 0.1) is 11.4 Å². The number of benzene rings is 3. The molecular formula is C24H16BrFN2O. The minimum absolute atomic E-state index is 0.195. The molecule has 0 amide bonds. The van der Waals surface area contributed by atoms with Crippen molar-refractivity contribution in [3.63, 3.8) is 0 Å². The average molecular weight is 447 g/mol. The fourth-order valence-corrected chi connectivity index (χ4v) is 3.19. The van der Waals surface area contributed by atoms with E-state index in [1.54, 1.807) is 10.8 Å². The van der Waals surface area contributed by atoms with Gasteiger partial charge in [0, 0.05) is 27.4 Å². The highest BCUT2D eigenvalue weighted by molar-refractivity contribution is 9.10. The summed E-state index contributed by atoms with van der Waals surface area (Å²) in [5.41, 5.74) is 3.88. The molecular weight excluding hydrogens is 431 g/mol. The van der Waals surface area contributed by atoms with Crippen LogP contribution in [-0.2, 0) is 0 Å². The van der Waals surface area contributed by atoms with Gasteiger partial charge in [-0.25, -0.2) is 9.07 Å². The third kappa shape index (κ3) is 4.41. The average Bonchev–Trinajstić information content (AvgIpc) is 3.18. The van der Waals surface area contributed by atoms with Gasteiger partial charge in [-0.05, 0) is 60.7 Å². The maximum Gasteiger partial charge on any atom is 0.185 e. The Morgan fingerprint density at radius 2 is 1.62 bits per heavy atom. The summed E-state index contributed by atoms with van der Waals surface area (Å²) in [6, 6.07) is 23.1. The molecule has 0 aliphatic carbocycles. The minimum atomic E-state index is -0.368. The fraction of sp³-hybridized carbons (Fsp3) is 0. The van der Waals surface area contributed by atoms with Crippen LogP contribution in [0.15, 0.2) is 95.6 Å². The van der Waals surface area contributed by atoms with Crippen LogP contribution >= 0.6 is 15.9 Å². The predicted molar refractivity (Wildman–Crippen MR) is 116 cm³/mol. The van der Waals surface area contributed by atoms with Crippen molar-refractivity contribution < 1.29 is 9.18 Å². The molecule has 29 heavy (non-hydrogen) atoms. The maximum absolute atomic E-state index is 13.1. The van der Waals surface area contributed by atoms with E-state index >= 15 is 0 Å². The summed E-state index contributed by atoms with van der Waals surface area (Å²) in [6.07, 6.45) is 5.12. The van der Waals surface area contributed by atoms with Gasteiger partial charge in [0.25, 0.3) is 0 Å². The fourth-order valence-electron chi connectivity index (χ4n) is 2.93. The molecule has 0 radical (unpaired) electrons. The van der Waals surface area contributed by atoms with Crippen LogP contribution in [0.4, 0.5) is 4.39 Å². The summed E-state index contributed by atoms with van der Waals surface area (Å²) < 4.78 is 15.9. The van der Waals surface area contributed by atoms with E-state index in [2.05, 4.69) is 15.9 Å². The van der Waals surface area contributed by atoms with Crippen LogP contribution in [0.2, 0.25) is 0 Å². The van der Waals surface area contributed by atoms with Gasteiger partial charge in [-0.1, -0.05) is 46.3 Å². The summed E-state index contributed by atoms with van der Waals surface area (Å²) in [5.74, 6) is -0.564. The highest BCUT2D eigenvalue weighted by Crippen LogP contribution is 2.26. The molecule has 0 saturated carbocycles. The molecule has 3 aromatic carbocycles. The van der Waals surface area contributed by atoms with E-state index in [1.807, 2.05) is 60.8 Å². The second-order valence-corrected chi connectivity index (χ2v) is 7.34. The number of ketones is 1. The lowest BCUT2D eigenvalue weighted by molar-refractivity contribution is 0.104. The first-order valence-electron chi connectivity index (χ1n) is 8.99. The molecule has 3 nitrogen and oxygen atoms in total. The van der Waals surface area contributed by atoms with Gasteiger partial charge < -0.3 is 0 Å². The van der Waals surface area contributed by atoms with Crippen molar-refractivity contribution in [1.82, 2.24) is 9.78 Å². The summed E-state index contributed by atoms with van der Waals surface area (Å²) in [4.78, 5) is 12.5. The summed E-state index contributed by atoms with van der Waals surface area (Å²) in [6.45, 7) is 0. The molecule has 1 aromatic heterocycles. The van der Waals surface area contributed by atoms with Crippen molar-refractivity contribution in [2.24, 2.45) is 0 Å². The smallest absolute Gasteiger partial charge is 0.185 e. The van der Waals surface area contributed by atoms with E-state index in [4.69, 9.17) is 5.10 Å². The molecule has 0 atom stereocenters. The Morgan fingerprint density at radius 1 is 0.931 bits per heavy atom. The van der Waals surface area contributed by atoms with E-state index in [9.17, 15) is 9.18 Å². The van der Waals surface area contributed by atoms with Crippen molar-refractivity contribution in [2.45, 2.75) is 0 Å². The number of carbonyl (C=O) groups excluding carboxylic acids is 1. The van der Waals surface area contributed by atoms with Crippen LogP contribution in [0, 0.1) is 5.82 Å². The van der Waals surface area contributed by atoms with Gasteiger partial charge in [-0.3, -0.25) is 4.79 Å². The lowest BCUT2D eigenvalue weighted by Gasteiger charge is -2.01. The van der Waals surface area contributed by atoms with Crippen molar-refractivity contribution in [2.75, 3.05) is 0 Å². The highest BCUT2D eigenvalue weighted by Gasteiger charge is 2.11. The Hall–Kier alpha value is -3.31. The number of nitrogens with zero attached hydrogens (tertiary/aromatic N) is 2. The van der Waals surface area contributed by atoms with Crippen molar-refractivity contribution >= 4 is 27.8 Å². The Kier molecular flexibility index (Phi) is 5.49. The van der Waals surface area contributed by atoms with Crippen LogP contribution in [0.25, 0.3) is 23.0 Å². The van der Waals surface area contributed by atoms with Crippen molar-refractivity contribution in [3.05, 3.63) is 113 Å². The van der Waals surface area contributed by atoms with Gasteiger partial charge in [0.2, 0.25) is 0 Å². The van der Waals surface area contributed by atoms with Crippen molar-refractivity contribution in [3.8, 4) is 16.9 Å². The molecule has 0 aliphatic rings. The Labute approximate surface area is 176 Å². The zero-order chi connectivity index (χ0) is 20.2. The molecule has 142 valence electrons. The Bertz CT molecular complexity index is 1160. The van der Waals surface area contributed by atoms with E-state index in [0.717, 1.165) is 27.0 Å². The van der Waals surface area contributed by atoms with Crippen LogP contribution in [0.1, 0.15) is 15.9 Å². The summed E-state index contributed by atoms with van der Waals surface area (Å²) in [7, 11) is 0. The third-order valence-corrected chi connectivity index (χ3v) is 4.95. The van der Waals surface area contributed by atoms with Crippen LogP contribution in [-0.4, -0.2) is 15.6 Å². The normalized spacial score (nSPS) is 11.1. The first kappa shape index (κ1) is 19.0. The molecule has 1 heterocycles. The van der Waals surface area contributed by atoms with Crippen LogP contribution < -0.4 is 0 Å². The van der Waals surface area contributed by atoms with Crippen LogP contribution in [0.3, 0.4) is 0 Å². The number of hydrogen-bond acceptors (Lipinski definition) is 2. The van der Waals surface area contributed by atoms with Crippen molar-refractivity contribution in [1.29, 1.82) is 0 Å². The van der Waals surface area contributed by atoms with E-state index < -0.39 is 0 Å². The first-order chi connectivity index (χ1) is 14.1. The number of rotatable bonds is 5. The maximum atomic E-state index is 13.1. The minimum Gasteiger partial charge on any atom is -0.289 e. The lowest BCUT2D eigenvalue weighted by atomic mass is 10.1. The van der Waals surface area contributed by atoms with Gasteiger partial charge in [0.1, 0.15) is 5.82 Å². The number of aromatic nitrogens is 2. The third-order valence-electron chi connectivity index (χ3n) is 4.42.